The normalized spacial score (nSPS) is 15.8. The van der Waals surface area contributed by atoms with E-state index in [1.54, 1.807) is 0 Å². The second kappa shape index (κ2) is 9.69. The van der Waals surface area contributed by atoms with Crippen molar-refractivity contribution in [2.45, 2.75) is 39.0 Å². The third kappa shape index (κ3) is 10.3. The second-order valence-corrected chi connectivity index (χ2v) is 7.12. The zero-order valence-electron chi connectivity index (χ0n) is 12.0. The Labute approximate surface area is 117 Å². The number of ether oxygens (including phenoxy) is 1. The van der Waals surface area contributed by atoms with Gasteiger partial charge < -0.3 is 10.1 Å². The summed E-state index contributed by atoms with van der Waals surface area (Å²) in [6.45, 7) is 5.67. The molecular formula is C13H28N2O3S. The standard InChI is InChI=1S/C13H28N2O3S/c1-2-7-14-8-3-4-11-19(16,17)15-9-10-18-12-13-5-6-13/h13-15H,2-12H2,1H3. The second-order valence-electron chi connectivity index (χ2n) is 5.19. The SMILES string of the molecule is CCCNCCCCS(=O)(=O)NCCOCC1CC1. The number of hydrogen-bond donors (Lipinski definition) is 2. The van der Waals surface area contributed by atoms with Crippen LogP contribution < -0.4 is 10.0 Å². The van der Waals surface area contributed by atoms with Crippen LogP contribution in [0.5, 0.6) is 0 Å². The highest BCUT2D eigenvalue weighted by Crippen LogP contribution is 2.28. The fourth-order valence-corrected chi connectivity index (χ4v) is 2.84. The highest BCUT2D eigenvalue weighted by Gasteiger charge is 2.21. The van der Waals surface area contributed by atoms with Crippen LogP contribution in [0, 0.1) is 5.92 Å². The summed E-state index contributed by atoms with van der Waals surface area (Å²) in [5, 5.41) is 3.26. The van der Waals surface area contributed by atoms with E-state index in [-0.39, 0.29) is 5.75 Å². The molecule has 1 aliphatic carbocycles. The monoisotopic (exact) mass is 292 g/mol. The Balaban J connectivity index is 1.90. The molecule has 5 nitrogen and oxygen atoms in total. The lowest BCUT2D eigenvalue weighted by Crippen LogP contribution is -2.30. The molecule has 0 amide bonds. The molecule has 0 atom stereocenters. The van der Waals surface area contributed by atoms with Gasteiger partial charge in [0.25, 0.3) is 0 Å². The number of sulfonamides is 1. The molecule has 0 aromatic rings. The minimum Gasteiger partial charge on any atom is -0.380 e. The van der Waals surface area contributed by atoms with Gasteiger partial charge >= 0.3 is 0 Å². The molecular weight excluding hydrogens is 264 g/mol. The van der Waals surface area contributed by atoms with Crippen LogP contribution in [0.2, 0.25) is 0 Å². The van der Waals surface area contributed by atoms with Gasteiger partial charge in [-0.1, -0.05) is 6.92 Å². The first kappa shape index (κ1) is 16.9. The molecule has 0 aromatic heterocycles. The average Bonchev–Trinajstić information content (AvgIpc) is 3.17. The maximum atomic E-state index is 11.6. The lowest BCUT2D eigenvalue weighted by atomic mass is 10.3. The van der Waals surface area contributed by atoms with E-state index in [1.165, 1.54) is 12.8 Å². The lowest BCUT2D eigenvalue weighted by molar-refractivity contribution is 0.129. The van der Waals surface area contributed by atoms with Gasteiger partial charge in [-0.25, -0.2) is 13.1 Å². The van der Waals surface area contributed by atoms with E-state index in [4.69, 9.17) is 4.74 Å². The van der Waals surface area contributed by atoms with Crippen LogP contribution in [-0.2, 0) is 14.8 Å². The molecule has 1 saturated carbocycles. The van der Waals surface area contributed by atoms with E-state index < -0.39 is 10.0 Å². The van der Waals surface area contributed by atoms with Crippen molar-refractivity contribution >= 4 is 10.0 Å². The quantitative estimate of drug-likeness (QED) is 0.499. The van der Waals surface area contributed by atoms with E-state index in [0.717, 1.165) is 38.5 Å². The van der Waals surface area contributed by atoms with E-state index in [0.29, 0.717) is 19.6 Å². The Morgan fingerprint density at radius 3 is 2.63 bits per heavy atom. The summed E-state index contributed by atoms with van der Waals surface area (Å²) in [7, 11) is -3.12. The molecule has 0 spiro atoms. The van der Waals surface area contributed by atoms with Crippen molar-refractivity contribution in [3.8, 4) is 0 Å². The van der Waals surface area contributed by atoms with Crippen molar-refractivity contribution in [2.75, 3.05) is 38.6 Å². The van der Waals surface area contributed by atoms with Crippen LogP contribution in [0.1, 0.15) is 39.0 Å². The van der Waals surface area contributed by atoms with E-state index in [1.807, 2.05) is 0 Å². The molecule has 0 aliphatic heterocycles. The molecule has 0 heterocycles. The molecule has 114 valence electrons. The first-order chi connectivity index (χ1) is 9.14. The van der Waals surface area contributed by atoms with Crippen molar-refractivity contribution in [3.63, 3.8) is 0 Å². The summed E-state index contributed by atoms with van der Waals surface area (Å²) in [6, 6.07) is 0. The first-order valence-corrected chi connectivity index (χ1v) is 9.05. The van der Waals surface area contributed by atoms with Gasteiger partial charge in [0, 0.05) is 13.2 Å². The summed E-state index contributed by atoms with van der Waals surface area (Å²) in [5.74, 6) is 0.941. The average molecular weight is 292 g/mol. The van der Waals surface area contributed by atoms with Gasteiger partial charge in [-0.3, -0.25) is 0 Å². The Morgan fingerprint density at radius 1 is 1.16 bits per heavy atom. The van der Waals surface area contributed by atoms with Crippen molar-refractivity contribution in [3.05, 3.63) is 0 Å². The van der Waals surface area contributed by atoms with E-state index in [2.05, 4.69) is 17.0 Å². The highest BCUT2D eigenvalue weighted by atomic mass is 32.2. The molecule has 2 N–H and O–H groups in total. The maximum absolute atomic E-state index is 11.6. The van der Waals surface area contributed by atoms with Crippen molar-refractivity contribution < 1.29 is 13.2 Å². The molecule has 0 saturated heterocycles. The largest absolute Gasteiger partial charge is 0.380 e. The molecule has 0 unspecified atom stereocenters. The molecule has 1 aliphatic rings. The predicted molar refractivity (Wildman–Crippen MR) is 77.7 cm³/mol. The molecule has 1 rings (SSSR count). The fraction of sp³-hybridized carbons (Fsp3) is 1.00. The summed E-state index contributed by atoms with van der Waals surface area (Å²) >= 11 is 0. The molecule has 0 aromatic carbocycles. The van der Waals surface area contributed by atoms with Gasteiger partial charge in [0.1, 0.15) is 0 Å². The van der Waals surface area contributed by atoms with Crippen molar-refractivity contribution in [1.29, 1.82) is 0 Å². The van der Waals surface area contributed by atoms with Gasteiger partial charge in [-0.15, -0.1) is 0 Å². The predicted octanol–water partition coefficient (Wildman–Crippen LogP) is 1.11. The van der Waals surface area contributed by atoms with Crippen molar-refractivity contribution in [1.82, 2.24) is 10.0 Å². The lowest BCUT2D eigenvalue weighted by Gasteiger charge is -2.07. The number of rotatable bonds is 13. The number of unbranched alkanes of at least 4 members (excludes halogenated alkanes) is 1. The van der Waals surface area contributed by atoms with Crippen LogP contribution in [0.3, 0.4) is 0 Å². The fourth-order valence-electron chi connectivity index (χ4n) is 1.72. The van der Waals surface area contributed by atoms with Crippen LogP contribution in [0.15, 0.2) is 0 Å². The molecule has 0 bridgehead atoms. The molecule has 1 fully saturated rings. The highest BCUT2D eigenvalue weighted by molar-refractivity contribution is 7.89. The van der Waals surface area contributed by atoms with Crippen LogP contribution in [0.4, 0.5) is 0 Å². The zero-order valence-corrected chi connectivity index (χ0v) is 12.8. The van der Waals surface area contributed by atoms with E-state index >= 15 is 0 Å². The smallest absolute Gasteiger partial charge is 0.211 e. The minimum absolute atomic E-state index is 0.212. The molecule has 0 radical (unpaired) electrons. The topological polar surface area (TPSA) is 67.4 Å². The van der Waals surface area contributed by atoms with Gasteiger partial charge in [-0.05, 0) is 51.1 Å². The van der Waals surface area contributed by atoms with Gasteiger partial charge in [0.2, 0.25) is 10.0 Å². The Morgan fingerprint density at radius 2 is 1.95 bits per heavy atom. The Kier molecular flexibility index (Phi) is 8.61. The van der Waals surface area contributed by atoms with Crippen molar-refractivity contribution in [2.24, 2.45) is 5.92 Å². The zero-order chi connectivity index (χ0) is 14.0. The number of hydrogen-bond acceptors (Lipinski definition) is 4. The summed E-state index contributed by atoms with van der Waals surface area (Å²) < 4.78 is 31.3. The first-order valence-electron chi connectivity index (χ1n) is 7.40. The van der Waals surface area contributed by atoms with Crippen LogP contribution in [-0.4, -0.2) is 47.0 Å². The summed E-state index contributed by atoms with van der Waals surface area (Å²) in [6.07, 6.45) is 5.24. The Hall–Kier alpha value is -0.170. The van der Waals surface area contributed by atoms with Crippen LogP contribution >= 0.6 is 0 Å². The minimum atomic E-state index is -3.12. The third-order valence-electron chi connectivity index (χ3n) is 3.06. The van der Waals surface area contributed by atoms with E-state index in [9.17, 15) is 8.42 Å². The van der Waals surface area contributed by atoms with Gasteiger partial charge in [0.15, 0.2) is 0 Å². The number of nitrogens with one attached hydrogen (secondary N) is 2. The van der Waals surface area contributed by atoms with Gasteiger partial charge in [0.05, 0.1) is 12.4 Å². The molecule has 19 heavy (non-hydrogen) atoms. The third-order valence-corrected chi connectivity index (χ3v) is 4.53. The summed E-state index contributed by atoms with van der Waals surface area (Å²) in [5.41, 5.74) is 0. The van der Waals surface area contributed by atoms with Gasteiger partial charge in [-0.2, -0.15) is 0 Å². The van der Waals surface area contributed by atoms with Crippen LogP contribution in [0.25, 0.3) is 0 Å². The summed E-state index contributed by atoms with van der Waals surface area (Å²) in [4.78, 5) is 0. The maximum Gasteiger partial charge on any atom is 0.211 e. The Bertz CT molecular complexity index is 316. The molecule has 6 heteroatoms.